The van der Waals surface area contributed by atoms with Crippen molar-refractivity contribution in [2.45, 2.75) is 6.54 Å². The Morgan fingerprint density at radius 1 is 1.20 bits per heavy atom. The largest absolute Gasteiger partial charge is 0.399 e. The summed E-state index contributed by atoms with van der Waals surface area (Å²) in [5, 5.41) is 0.702. The molecule has 0 aliphatic rings. The Kier molecular flexibility index (Phi) is 4.29. The normalized spacial score (nSPS) is 10.4. The molecule has 1 heterocycles. The van der Waals surface area contributed by atoms with E-state index in [0.717, 1.165) is 11.4 Å². The number of nitrogen functional groups attached to an aromatic ring is 1. The molecule has 0 fully saturated rings. The number of hydrogen-bond donors (Lipinski definition) is 1. The molecule has 1 aromatic heterocycles. The Labute approximate surface area is 124 Å². The number of halogens is 1. The lowest BCUT2D eigenvalue weighted by atomic mass is 10.2. The SMILES string of the molecule is CN(C)c1nccc(N(C)Cc2cc(N)ccc2Cl)n1. The third kappa shape index (κ3) is 3.30. The van der Waals surface area contributed by atoms with Crippen LogP contribution in [-0.4, -0.2) is 31.1 Å². The number of nitrogens with zero attached hydrogens (tertiary/aromatic N) is 4. The van der Waals surface area contributed by atoms with E-state index >= 15 is 0 Å². The molecule has 0 spiro atoms. The highest BCUT2D eigenvalue weighted by Gasteiger charge is 2.09. The van der Waals surface area contributed by atoms with Crippen molar-refractivity contribution in [3.05, 3.63) is 41.0 Å². The second kappa shape index (κ2) is 5.96. The number of nitrogens with two attached hydrogens (primary N) is 1. The van der Waals surface area contributed by atoms with Crippen molar-refractivity contribution in [1.82, 2.24) is 9.97 Å². The van der Waals surface area contributed by atoms with Crippen LogP contribution in [0.15, 0.2) is 30.5 Å². The van der Waals surface area contributed by atoms with Crippen LogP contribution in [0.4, 0.5) is 17.5 Å². The van der Waals surface area contributed by atoms with Gasteiger partial charge in [0, 0.05) is 44.6 Å². The van der Waals surface area contributed by atoms with Gasteiger partial charge < -0.3 is 15.5 Å². The molecule has 2 aromatic rings. The highest BCUT2D eigenvalue weighted by Crippen LogP contribution is 2.22. The number of aromatic nitrogens is 2. The minimum atomic E-state index is 0.633. The Hall–Kier alpha value is -2.01. The minimum absolute atomic E-state index is 0.633. The first-order valence-corrected chi connectivity index (χ1v) is 6.60. The molecule has 0 aliphatic heterocycles. The third-order valence-electron chi connectivity index (χ3n) is 2.90. The number of rotatable bonds is 4. The van der Waals surface area contributed by atoms with Crippen molar-refractivity contribution in [2.75, 3.05) is 36.7 Å². The number of anilines is 3. The second-order valence-electron chi connectivity index (χ2n) is 4.82. The molecule has 2 N–H and O–H groups in total. The van der Waals surface area contributed by atoms with Gasteiger partial charge >= 0.3 is 0 Å². The maximum Gasteiger partial charge on any atom is 0.226 e. The fourth-order valence-electron chi connectivity index (χ4n) is 1.82. The van der Waals surface area contributed by atoms with E-state index < -0.39 is 0 Å². The maximum atomic E-state index is 6.19. The molecule has 20 heavy (non-hydrogen) atoms. The molecule has 2 rings (SSSR count). The molecule has 0 amide bonds. The van der Waals surface area contributed by atoms with Crippen LogP contribution >= 0.6 is 11.6 Å². The van der Waals surface area contributed by atoms with Crippen LogP contribution in [0.1, 0.15) is 5.56 Å². The fourth-order valence-corrected chi connectivity index (χ4v) is 2.00. The van der Waals surface area contributed by atoms with Gasteiger partial charge in [-0.15, -0.1) is 0 Å². The molecular formula is C14H18ClN5. The van der Waals surface area contributed by atoms with Gasteiger partial charge in [-0.2, -0.15) is 4.98 Å². The van der Waals surface area contributed by atoms with Gasteiger partial charge in [0.05, 0.1) is 0 Å². The lowest BCUT2D eigenvalue weighted by Gasteiger charge is -2.20. The molecular weight excluding hydrogens is 274 g/mol. The van der Waals surface area contributed by atoms with Gasteiger partial charge in [-0.1, -0.05) is 11.6 Å². The summed E-state index contributed by atoms with van der Waals surface area (Å²) in [7, 11) is 5.78. The van der Waals surface area contributed by atoms with Crippen LogP contribution in [-0.2, 0) is 6.54 Å². The van der Waals surface area contributed by atoms with Gasteiger partial charge in [0.25, 0.3) is 0 Å². The summed E-state index contributed by atoms with van der Waals surface area (Å²) >= 11 is 6.19. The monoisotopic (exact) mass is 291 g/mol. The van der Waals surface area contributed by atoms with Crippen molar-refractivity contribution in [1.29, 1.82) is 0 Å². The van der Waals surface area contributed by atoms with Crippen molar-refractivity contribution in [3.63, 3.8) is 0 Å². The molecule has 0 saturated carbocycles. The summed E-state index contributed by atoms with van der Waals surface area (Å²) in [6.45, 7) is 0.633. The maximum absolute atomic E-state index is 6.19. The average molecular weight is 292 g/mol. The smallest absolute Gasteiger partial charge is 0.226 e. The highest BCUT2D eigenvalue weighted by molar-refractivity contribution is 6.31. The Morgan fingerprint density at radius 3 is 2.65 bits per heavy atom. The number of benzene rings is 1. The molecule has 0 aliphatic carbocycles. The van der Waals surface area contributed by atoms with Gasteiger partial charge in [0.2, 0.25) is 5.95 Å². The Bertz CT molecular complexity index is 600. The van der Waals surface area contributed by atoms with Crippen LogP contribution in [0.25, 0.3) is 0 Å². The predicted octanol–water partition coefficient (Wildman–Crippen LogP) is 2.41. The van der Waals surface area contributed by atoms with E-state index in [4.69, 9.17) is 17.3 Å². The summed E-state index contributed by atoms with van der Waals surface area (Å²) in [6, 6.07) is 7.35. The van der Waals surface area contributed by atoms with E-state index in [-0.39, 0.29) is 0 Å². The standard InChI is InChI=1S/C14H18ClN5/c1-19(2)14-17-7-6-13(18-14)20(3)9-10-8-11(16)4-5-12(10)15/h4-8H,9,16H2,1-3H3. The van der Waals surface area contributed by atoms with Gasteiger partial charge in [-0.25, -0.2) is 4.98 Å². The van der Waals surface area contributed by atoms with Gasteiger partial charge in [0.1, 0.15) is 5.82 Å². The molecule has 0 unspecified atom stereocenters. The molecule has 0 saturated heterocycles. The molecule has 1 aromatic carbocycles. The van der Waals surface area contributed by atoms with Crippen LogP contribution in [0.2, 0.25) is 5.02 Å². The lowest BCUT2D eigenvalue weighted by Crippen LogP contribution is -2.20. The van der Waals surface area contributed by atoms with Crippen molar-refractivity contribution in [3.8, 4) is 0 Å². The number of hydrogen-bond acceptors (Lipinski definition) is 5. The van der Waals surface area contributed by atoms with Crippen LogP contribution < -0.4 is 15.5 Å². The van der Waals surface area contributed by atoms with Crippen molar-refractivity contribution < 1.29 is 0 Å². The first-order valence-electron chi connectivity index (χ1n) is 6.23. The Balaban J connectivity index is 2.21. The minimum Gasteiger partial charge on any atom is -0.399 e. The zero-order chi connectivity index (χ0) is 14.7. The second-order valence-corrected chi connectivity index (χ2v) is 5.22. The molecule has 5 nitrogen and oxygen atoms in total. The topological polar surface area (TPSA) is 58.3 Å². The van der Waals surface area contributed by atoms with Gasteiger partial charge in [-0.05, 0) is 29.8 Å². The lowest BCUT2D eigenvalue weighted by molar-refractivity contribution is 0.881. The summed E-state index contributed by atoms with van der Waals surface area (Å²) in [5.74, 6) is 1.51. The predicted molar refractivity (Wildman–Crippen MR) is 84.3 cm³/mol. The molecule has 0 bridgehead atoms. The molecule has 0 radical (unpaired) electrons. The van der Waals surface area contributed by atoms with E-state index in [9.17, 15) is 0 Å². The summed E-state index contributed by atoms with van der Waals surface area (Å²) in [5.41, 5.74) is 7.47. The van der Waals surface area contributed by atoms with E-state index in [1.807, 2.05) is 49.1 Å². The quantitative estimate of drug-likeness (QED) is 0.877. The summed E-state index contributed by atoms with van der Waals surface area (Å²) < 4.78 is 0. The fraction of sp³-hybridized carbons (Fsp3) is 0.286. The zero-order valence-corrected chi connectivity index (χ0v) is 12.6. The van der Waals surface area contributed by atoms with E-state index in [2.05, 4.69) is 9.97 Å². The zero-order valence-electron chi connectivity index (χ0n) is 11.8. The first kappa shape index (κ1) is 14.4. The highest BCUT2D eigenvalue weighted by atomic mass is 35.5. The van der Waals surface area contributed by atoms with Crippen molar-refractivity contribution in [2.24, 2.45) is 0 Å². The molecule has 106 valence electrons. The summed E-state index contributed by atoms with van der Waals surface area (Å²) in [6.07, 6.45) is 1.75. The van der Waals surface area contributed by atoms with Crippen LogP contribution in [0.3, 0.4) is 0 Å². The molecule has 6 heteroatoms. The van der Waals surface area contributed by atoms with Crippen LogP contribution in [0.5, 0.6) is 0 Å². The first-order chi connectivity index (χ1) is 9.47. The summed E-state index contributed by atoms with van der Waals surface area (Å²) in [4.78, 5) is 12.6. The van der Waals surface area contributed by atoms with Crippen molar-refractivity contribution >= 4 is 29.1 Å². The average Bonchev–Trinajstić information content (AvgIpc) is 2.43. The van der Waals surface area contributed by atoms with E-state index in [0.29, 0.717) is 23.2 Å². The van der Waals surface area contributed by atoms with Crippen LogP contribution in [0, 0.1) is 0 Å². The van der Waals surface area contributed by atoms with Gasteiger partial charge in [0.15, 0.2) is 0 Å². The Morgan fingerprint density at radius 2 is 1.95 bits per heavy atom. The van der Waals surface area contributed by atoms with Gasteiger partial charge in [-0.3, -0.25) is 0 Å². The molecule has 0 atom stereocenters. The van der Waals surface area contributed by atoms with E-state index in [1.165, 1.54) is 0 Å². The third-order valence-corrected chi connectivity index (χ3v) is 3.27. The van der Waals surface area contributed by atoms with E-state index in [1.54, 1.807) is 12.3 Å².